The van der Waals surface area contributed by atoms with Gasteiger partial charge in [-0.15, -0.1) is 0 Å². The van der Waals surface area contributed by atoms with Crippen LogP contribution >= 0.6 is 0 Å². The van der Waals surface area contributed by atoms with Crippen LogP contribution in [0.3, 0.4) is 0 Å². The molecular formula is C96H53N3O6Si. The van der Waals surface area contributed by atoms with E-state index in [-0.39, 0.29) is 0 Å². The predicted molar refractivity (Wildman–Crippen MR) is 437 cm³/mol. The molecule has 16 aromatic carbocycles. The van der Waals surface area contributed by atoms with Gasteiger partial charge < -0.3 is 40.2 Å². The Hall–Kier alpha value is -14.1. The van der Waals surface area contributed by atoms with E-state index in [9.17, 15) is 0 Å². The number of furan rings is 6. The highest BCUT2D eigenvalue weighted by atomic mass is 28.3. The SMILES string of the molecule is c1ccc([Si](c2ccc3oc4cc5oc6ccc(-n7c8ccccc8c8ccccc87)cc6c5cc4c3c2)(c2ccc3oc4cc5oc6ccc(-n7c8ccccc8c8ccccc87)cc6c5cc4c3c2)c2ccc3oc4cc5oc6ccc(-n7c8ccccc8c8ccccc87)cc6c5cc4c3c2)cc1. The molecule has 0 fully saturated rings. The Morgan fingerprint density at radius 1 is 0.151 bits per heavy atom. The highest BCUT2D eigenvalue weighted by Gasteiger charge is 2.43. The molecule has 0 unspecified atom stereocenters. The van der Waals surface area contributed by atoms with E-state index in [0.717, 1.165) is 182 Å². The van der Waals surface area contributed by atoms with Crippen LogP contribution in [0.5, 0.6) is 0 Å². The molecule has 0 saturated carbocycles. The smallest absolute Gasteiger partial charge is 0.179 e. The molecule has 0 aliphatic carbocycles. The van der Waals surface area contributed by atoms with Gasteiger partial charge in [0, 0.05) is 132 Å². The van der Waals surface area contributed by atoms with Crippen LogP contribution in [0.4, 0.5) is 0 Å². The Morgan fingerprint density at radius 3 is 0.632 bits per heavy atom. The Kier molecular flexibility index (Phi) is 11.0. The molecule has 0 N–H and O–H groups in total. The number of aromatic nitrogens is 3. The zero-order valence-corrected chi connectivity index (χ0v) is 57.4. The van der Waals surface area contributed by atoms with E-state index in [4.69, 9.17) is 26.5 Å². The van der Waals surface area contributed by atoms with E-state index in [1.165, 1.54) is 53.1 Å². The maximum absolute atomic E-state index is 6.97. The van der Waals surface area contributed by atoms with E-state index >= 15 is 0 Å². The molecule has 9 heterocycles. The van der Waals surface area contributed by atoms with E-state index in [1.807, 2.05) is 0 Å². The number of nitrogens with zero attached hydrogens (tertiary/aromatic N) is 3. The summed E-state index contributed by atoms with van der Waals surface area (Å²) < 4.78 is 48.3. The predicted octanol–water partition coefficient (Wildman–Crippen LogP) is 23.8. The van der Waals surface area contributed by atoms with Crippen molar-refractivity contribution in [3.8, 4) is 17.1 Å². The van der Waals surface area contributed by atoms with Crippen molar-refractivity contribution in [2.75, 3.05) is 0 Å². The van der Waals surface area contributed by atoms with Gasteiger partial charge in [-0.25, -0.2) is 0 Å². The lowest BCUT2D eigenvalue weighted by atomic mass is 10.1. The summed E-state index contributed by atoms with van der Waals surface area (Å²) in [5.41, 5.74) is 19.5. The second-order valence-corrected chi connectivity index (χ2v) is 32.4. The molecule has 0 atom stereocenters. The van der Waals surface area contributed by atoms with Crippen LogP contribution in [0, 0.1) is 0 Å². The van der Waals surface area contributed by atoms with Gasteiger partial charge in [-0.1, -0.05) is 176 Å². The number of hydrogen-bond acceptors (Lipinski definition) is 6. The third-order valence-electron chi connectivity index (χ3n) is 23.2. The molecule has 106 heavy (non-hydrogen) atoms. The first kappa shape index (κ1) is 56.6. The van der Waals surface area contributed by atoms with Gasteiger partial charge >= 0.3 is 0 Å². The number of hydrogen-bond donors (Lipinski definition) is 0. The van der Waals surface area contributed by atoms with Crippen LogP contribution < -0.4 is 20.7 Å². The minimum atomic E-state index is -3.53. The lowest BCUT2D eigenvalue weighted by Gasteiger charge is -2.34. The zero-order valence-electron chi connectivity index (χ0n) is 56.4. The van der Waals surface area contributed by atoms with Gasteiger partial charge in [0.15, 0.2) is 8.07 Å². The molecule has 0 aliphatic rings. The van der Waals surface area contributed by atoms with Gasteiger partial charge in [0.05, 0.1) is 33.1 Å². The molecule has 0 saturated heterocycles. The van der Waals surface area contributed by atoms with E-state index < -0.39 is 8.07 Å². The van der Waals surface area contributed by atoms with Crippen LogP contribution in [0.15, 0.2) is 348 Å². The highest BCUT2D eigenvalue weighted by molar-refractivity contribution is 7.20. The fourth-order valence-electron chi connectivity index (χ4n) is 18.5. The maximum atomic E-state index is 6.97. The summed E-state index contributed by atoms with van der Waals surface area (Å²) in [5.74, 6) is 0. The van der Waals surface area contributed by atoms with E-state index in [0.29, 0.717) is 0 Å². The van der Waals surface area contributed by atoms with Crippen LogP contribution in [0.2, 0.25) is 0 Å². The zero-order chi connectivity index (χ0) is 68.8. The topological polar surface area (TPSA) is 93.6 Å². The van der Waals surface area contributed by atoms with Gasteiger partial charge in [0.25, 0.3) is 0 Å². The summed E-state index contributed by atoms with van der Waals surface area (Å²) in [7, 11) is -3.53. The molecule has 9 aromatic heterocycles. The molecular weight excluding hydrogens is 1320 g/mol. The summed E-state index contributed by atoms with van der Waals surface area (Å²) in [6.07, 6.45) is 0. The molecule has 10 heteroatoms. The lowest BCUT2D eigenvalue weighted by Crippen LogP contribution is -2.74. The van der Waals surface area contributed by atoms with Crippen LogP contribution in [0.25, 0.3) is 214 Å². The molecule has 0 bridgehead atoms. The first-order valence-electron chi connectivity index (χ1n) is 36.0. The normalized spacial score (nSPS) is 12.7. The minimum absolute atomic E-state index is 0.756. The van der Waals surface area contributed by atoms with E-state index in [2.05, 4.69) is 335 Å². The van der Waals surface area contributed by atoms with Crippen molar-refractivity contribution >= 4 is 226 Å². The summed E-state index contributed by atoms with van der Waals surface area (Å²) in [4.78, 5) is 0. The van der Waals surface area contributed by atoms with Crippen molar-refractivity contribution in [1.82, 2.24) is 13.7 Å². The Balaban J connectivity index is 0.720. The molecule has 0 amide bonds. The largest absolute Gasteiger partial charge is 0.456 e. The Bertz CT molecular complexity index is 7300. The van der Waals surface area contributed by atoms with Crippen LogP contribution in [-0.4, -0.2) is 21.8 Å². The molecule has 0 aliphatic heterocycles. The maximum Gasteiger partial charge on any atom is 0.179 e. The molecule has 0 radical (unpaired) electrons. The first-order valence-corrected chi connectivity index (χ1v) is 38.0. The van der Waals surface area contributed by atoms with Crippen LogP contribution in [0.1, 0.15) is 0 Å². The second-order valence-electron chi connectivity index (χ2n) is 28.5. The Morgan fingerprint density at radius 2 is 0.368 bits per heavy atom. The first-order chi connectivity index (χ1) is 52.5. The van der Waals surface area contributed by atoms with Crippen molar-refractivity contribution in [2.24, 2.45) is 0 Å². The fraction of sp³-hybridized carbons (Fsp3) is 0. The average Bonchev–Trinajstić information content (AvgIpc) is 0.913. The minimum Gasteiger partial charge on any atom is -0.456 e. The number of para-hydroxylation sites is 6. The monoisotopic (exact) mass is 1370 g/mol. The summed E-state index contributed by atoms with van der Waals surface area (Å²) >= 11 is 0. The number of benzene rings is 16. The number of rotatable bonds is 7. The van der Waals surface area contributed by atoms with Gasteiger partial charge in [0.2, 0.25) is 0 Å². The lowest BCUT2D eigenvalue weighted by molar-refractivity contribution is 0.655. The Labute approximate surface area is 600 Å². The van der Waals surface area contributed by atoms with Gasteiger partial charge in [-0.2, -0.15) is 0 Å². The van der Waals surface area contributed by atoms with Crippen molar-refractivity contribution in [1.29, 1.82) is 0 Å². The summed E-state index contributed by atoms with van der Waals surface area (Å²) in [6, 6.07) is 117. The van der Waals surface area contributed by atoms with Crippen LogP contribution in [-0.2, 0) is 0 Å². The third-order valence-corrected chi connectivity index (χ3v) is 27.9. The van der Waals surface area contributed by atoms with Gasteiger partial charge in [-0.3, -0.25) is 0 Å². The van der Waals surface area contributed by atoms with Crippen molar-refractivity contribution in [3.05, 3.63) is 322 Å². The quantitative estimate of drug-likeness (QED) is 0.117. The third kappa shape index (κ3) is 7.60. The highest BCUT2D eigenvalue weighted by Crippen LogP contribution is 2.45. The van der Waals surface area contributed by atoms with Gasteiger partial charge in [0.1, 0.15) is 67.0 Å². The van der Waals surface area contributed by atoms with Crippen molar-refractivity contribution in [2.45, 2.75) is 0 Å². The van der Waals surface area contributed by atoms with Gasteiger partial charge in [-0.05, 0) is 148 Å². The standard InChI is InChI=1S/C96H53N3O6Si/c1-2-16-57(17-3-1)106(58-33-39-88-70(45-58)76-48-73-67-42-54(30-36-85(67)100-91(73)51-94(76)103-88)97-79-24-10-4-18-61(79)62-19-5-11-25-80(62)97,59-34-40-89-71(46-59)77-49-74-68-43-55(31-37-86(68)101-92(74)52-95(77)104-89)98-81-26-12-6-20-63(81)64-21-7-13-27-82(64)98)60-35-41-90-72(47-60)78-50-75-69-44-56(32-38-87(69)102-93(75)53-96(78)105-90)99-83-28-14-8-22-65(83)66-23-9-15-29-84(66)99/h1-53H. The van der Waals surface area contributed by atoms with Crippen molar-refractivity contribution in [3.63, 3.8) is 0 Å². The molecule has 25 rings (SSSR count). The molecule has 0 spiro atoms. The summed E-state index contributed by atoms with van der Waals surface area (Å²) in [5, 5.41) is 24.3. The second kappa shape index (κ2) is 20.6. The molecule has 492 valence electrons. The average molecular weight is 1370 g/mol. The summed E-state index contributed by atoms with van der Waals surface area (Å²) in [6.45, 7) is 0. The van der Waals surface area contributed by atoms with Crippen molar-refractivity contribution < 1.29 is 26.5 Å². The fourth-order valence-corrected chi connectivity index (χ4v) is 23.3. The molecule has 9 nitrogen and oxygen atoms in total. The number of fused-ring (bicyclic) bond motifs is 27. The van der Waals surface area contributed by atoms with E-state index in [1.54, 1.807) is 0 Å². The molecule has 25 aromatic rings.